The summed E-state index contributed by atoms with van der Waals surface area (Å²) in [6.45, 7) is 0. The van der Waals surface area contributed by atoms with Crippen LogP contribution in [0.3, 0.4) is 0 Å². The highest BCUT2D eigenvalue weighted by molar-refractivity contribution is 7.71. The maximum atomic E-state index is 10.8. The fourth-order valence-electron chi connectivity index (χ4n) is 0.958. The molecule has 0 fully saturated rings. The maximum Gasteiger partial charge on any atom is 0.325 e. The molecule has 0 aliphatic heterocycles. The second-order valence-corrected chi connectivity index (χ2v) is 2.65. The van der Waals surface area contributed by atoms with Crippen LogP contribution in [0, 0.1) is 4.64 Å². The van der Waals surface area contributed by atoms with Gasteiger partial charge in [0.05, 0.1) is 0 Å². The van der Waals surface area contributed by atoms with Crippen LogP contribution in [0.4, 0.5) is 0 Å². The van der Waals surface area contributed by atoms with Crippen molar-refractivity contribution >= 4 is 23.4 Å². The molecule has 0 aliphatic rings. The van der Waals surface area contributed by atoms with Gasteiger partial charge in [0.2, 0.25) is 0 Å². The molecule has 0 bridgehead atoms. The molecule has 12 heavy (non-hydrogen) atoms. The molecule has 0 aromatic carbocycles. The minimum atomic E-state index is -0.442. The van der Waals surface area contributed by atoms with Crippen LogP contribution < -0.4 is 11.4 Å². The second kappa shape index (κ2) is 2.18. The Kier molecular flexibility index (Phi) is 1.28. The number of aromatic amines is 4. The molecule has 0 spiro atoms. The van der Waals surface area contributed by atoms with Crippen LogP contribution in [0.1, 0.15) is 0 Å². The second-order valence-electron chi connectivity index (χ2n) is 2.24. The lowest BCUT2D eigenvalue weighted by atomic mass is 11.0. The topological polar surface area (TPSA) is 97.3 Å². The number of H-pyrrole nitrogens is 4. The number of hydrogen-bond acceptors (Lipinski definition) is 3. The molecule has 0 saturated carbocycles. The van der Waals surface area contributed by atoms with Gasteiger partial charge >= 0.3 is 11.4 Å². The molecule has 4 N–H and O–H groups in total. The van der Waals surface area contributed by atoms with E-state index in [0.717, 1.165) is 0 Å². The predicted molar refractivity (Wildman–Crippen MR) is 44.7 cm³/mol. The summed E-state index contributed by atoms with van der Waals surface area (Å²) in [4.78, 5) is 31.1. The van der Waals surface area contributed by atoms with Gasteiger partial charge in [-0.2, -0.15) is 0 Å². The van der Waals surface area contributed by atoms with Crippen molar-refractivity contribution in [1.82, 2.24) is 19.9 Å². The van der Waals surface area contributed by atoms with Crippen molar-refractivity contribution < 1.29 is 0 Å². The standard InChI is InChI=1S/C5H4N4O2S/c10-4-6-1-2(7-4)8-5(11)9-3(1)12/h(H4,6,7,8,9,10,11,12)/i1+1,3+1,4+1. The first kappa shape index (κ1) is 7.04. The summed E-state index contributed by atoms with van der Waals surface area (Å²) in [5.41, 5.74) is -0.113. The summed E-state index contributed by atoms with van der Waals surface area (Å²) >= 11 is 4.79. The lowest BCUT2D eigenvalue weighted by Crippen LogP contribution is -2.09. The van der Waals surface area contributed by atoms with E-state index >= 15 is 0 Å². The van der Waals surface area contributed by atoms with E-state index in [1.165, 1.54) is 0 Å². The molecule has 62 valence electrons. The van der Waals surface area contributed by atoms with Crippen molar-refractivity contribution in [1.29, 1.82) is 0 Å². The van der Waals surface area contributed by atoms with Crippen molar-refractivity contribution in [3.63, 3.8) is 0 Å². The molecule has 0 unspecified atom stereocenters. The average Bonchev–Trinajstić information content (AvgIpc) is 2.29. The lowest BCUT2D eigenvalue weighted by molar-refractivity contribution is 1.09. The van der Waals surface area contributed by atoms with E-state index in [4.69, 9.17) is 12.2 Å². The number of rotatable bonds is 0. The van der Waals surface area contributed by atoms with E-state index in [0.29, 0.717) is 11.2 Å². The third-order valence-electron chi connectivity index (χ3n) is 1.42. The molecular weight excluding hydrogens is 183 g/mol. The van der Waals surface area contributed by atoms with Crippen LogP contribution in [0.25, 0.3) is 11.2 Å². The van der Waals surface area contributed by atoms with Crippen LogP contribution in [0.15, 0.2) is 9.59 Å². The summed E-state index contributed by atoms with van der Waals surface area (Å²) in [5, 5.41) is 0. The SMILES string of the molecule is O=c1[nH]c2[nH][13c](=O)[nH][13c]2[13c](=S)[nH]1. The lowest BCUT2D eigenvalue weighted by Gasteiger charge is -1.86. The zero-order valence-electron chi connectivity index (χ0n) is 5.72. The molecule has 0 saturated heterocycles. The van der Waals surface area contributed by atoms with Crippen molar-refractivity contribution in [2.24, 2.45) is 0 Å². The van der Waals surface area contributed by atoms with E-state index in [-0.39, 0.29) is 4.64 Å². The molecule has 2 heterocycles. The Labute approximate surface area is 69.7 Å². The highest BCUT2D eigenvalue weighted by atomic mass is 32.1. The van der Waals surface area contributed by atoms with Crippen molar-refractivity contribution in [3.05, 3.63) is 25.6 Å². The Morgan fingerprint density at radius 3 is 2.17 bits per heavy atom. The molecule has 0 radical (unpaired) electrons. The molecule has 2 rings (SSSR count). The first-order chi connectivity index (χ1) is 5.66. The van der Waals surface area contributed by atoms with Gasteiger partial charge < -0.3 is 4.98 Å². The smallest absolute Gasteiger partial charge is 0.302 e. The van der Waals surface area contributed by atoms with Crippen molar-refractivity contribution in [2.45, 2.75) is 0 Å². The number of imidazole rings is 1. The van der Waals surface area contributed by atoms with Gasteiger partial charge in [0.15, 0.2) is 0 Å². The monoisotopic (exact) mass is 187 g/mol. The van der Waals surface area contributed by atoms with Crippen LogP contribution in [-0.4, -0.2) is 19.9 Å². The van der Waals surface area contributed by atoms with Gasteiger partial charge in [-0.25, -0.2) is 9.59 Å². The van der Waals surface area contributed by atoms with Crippen LogP contribution >= 0.6 is 12.2 Å². The quantitative estimate of drug-likeness (QED) is 0.422. The molecule has 6 nitrogen and oxygen atoms in total. The van der Waals surface area contributed by atoms with E-state index in [1.807, 2.05) is 0 Å². The summed E-state index contributed by atoms with van der Waals surface area (Å²) < 4.78 is 0.215. The summed E-state index contributed by atoms with van der Waals surface area (Å²) in [5.74, 6) is 0. The Bertz CT molecular complexity index is 585. The van der Waals surface area contributed by atoms with E-state index in [9.17, 15) is 9.59 Å². The molecule has 2 aromatic heterocycles. The molecule has 2 aromatic rings. The van der Waals surface area contributed by atoms with Crippen molar-refractivity contribution in [2.75, 3.05) is 0 Å². The fourth-order valence-corrected chi connectivity index (χ4v) is 1.20. The molecule has 0 atom stereocenters. The normalized spacial score (nSPS) is 10.7. The number of nitrogens with one attached hydrogen (secondary N) is 4. The third kappa shape index (κ3) is 0.909. The molecule has 0 aliphatic carbocycles. The Hall–Kier alpha value is -1.63. The maximum absolute atomic E-state index is 10.8. The number of fused-ring (bicyclic) bond motifs is 1. The largest absolute Gasteiger partial charge is 0.325 e. The van der Waals surface area contributed by atoms with Crippen LogP contribution in [0.5, 0.6) is 0 Å². The minimum Gasteiger partial charge on any atom is -0.302 e. The molecular formula is C5H4N4O2S. The third-order valence-corrected chi connectivity index (χ3v) is 1.73. The average molecular weight is 187 g/mol. The Morgan fingerprint density at radius 1 is 0.917 bits per heavy atom. The van der Waals surface area contributed by atoms with Gasteiger partial charge in [-0.15, -0.1) is 0 Å². The number of aromatic nitrogens is 4. The first-order valence-corrected chi connectivity index (χ1v) is 3.52. The summed E-state index contributed by atoms with van der Waals surface area (Å²) in [6.07, 6.45) is 0. The highest BCUT2D eigenvalue weighted by Gasteiger charge is 1.99. The van der Waals surface area contributed by atoms with Gasteiger partial charge in [0.1, 0.15) is 15.8 Å². The van der Waals surface area contributed by atoms with Crippen LogP contribution in [0.2, 0.25) is 0 Å². The van der Waals surface area contributed by atoms with Gasteiger partial charge in [-0.05, 0) is 0 Å². The van der Waals surface area contributed by atoms with Gasteiger partial charge in [0, 0.05) is 0 Å². The zero-order valence-corrected chi connectivity index (χ0v) is 6.54. The minimum absolute atomic E-state index is 0.215. The zero-order chi connectivity index (χ0) is 8.72. The van der Waals surface area contributed by atoms with Gasteiger partial charge in [-0.3, -0.25) is 15.0 Å². The molecule has 0 amide bonds. The van der Waals surface area contributed by atoms with Crippen molar-refractivity contribution in [3.8, 4) is 0 Å². The molecule has 7 heteroatoms. The predicted octanol–water partition coefficient (Wildman–Crippen LogP) is -0.398. The van der Waals surface area contributed by atoms with Gasteiger partial charge in [-0.1, -0.05) is 12.2 Å². The Balaban J connectivity index is 3.18. The fraction of sp³-hybridized carbons (Fsp3) is 0. The Morgan fingerprint density at radius 2 is 1.50 bits per heavy atom. The number of hydrogen-bond donors (Lipinski definition) is 4. The van der Waals surface area contributed by atoms with E-state index in [1.54, 1.807) is 0 Å². The first-order valence-electron chi connectivity index (χ1n) is 3.11. The van der Waals surface area contributed by atoms with Crippen LogP contribution in [-0.2, 0) is 0 Å². The van der Waals surface area contributed by atoms with Gasteiger partial charge in [0.25, 0.3) is 0 Å². The summed E-state index contributed by atoms with van der Waals surface area (Å²) in [7, 11) is 0. The van der Waals surface area contributed by atoms with E-state index < -0.39 is 11.4 Å². The van der Waals surface area contributed by atoms with E-state index in [2.05, 4.69) is 19.9 Å². The highest BCUT2D eigenvalue weighted by Crippen LogP contribution is 1.98. The summed E-state index contributed by atoms with van der Waals surface area (Å²) in [6, 6.07) is 0.